The number of halogens is 3. The molecule has 0 aliphatic heterocycles. The predicted octanol–water partition coefficient (Wildman–Crippen LogP) is 4.82. The molecule has 2 atom stereocenters. The highest BCUT2D eigenvalue weighted by atomic mass is 19.4. The van der Waals surface area contributed by atoms with Gasteiger partial charge in [0.25, 0.3) is 0 Å². The maximum absolute atomic E-state index is 13.1. The number of esters is 1. The van der Waals surface area contributed by atoms with Gasteiger partial charge < -0.3 is 10.1 Å². The van der Waals surface area contributed by atoms with Gasteiger partial charge in [-0.1, -0.05) is 19.1 Å². The summed E-state index contributed by atoms with van der Waals surface area (Å²) in [4.78, 5) is 28.6. The molecule has 2 unspecified atom stereocenters. The predicted molar refractivity (Wildman–Crippen MR) is 124 cm³/mol. The zero-order valence-corrected chi connectivity index (χ0v) is 19.6. The molecule has 10 heteroatoms. The van der Waals surface area contributed by atoms with Gasteiger partial charge in [-0.05, 0) is 54.7 Å². The number of benzene rings is 1. The Bertz CT molecular complexity index is 1230. The van der Waals surface area contributed by atoms with Crippen LogP contribution >= 0.6 is 0 Å². The van der Waals surface area contributed by atoms with E-state index in [9.17, 15) is 22.8 Å². The first-order valence-corrected chi connectivity index (χ1v) is 11.6. The van der Waals surface area contributed by atoms with Crippen molar-refractivity contribution < 1.29 is 27.5 Å². The number of nitrogens with zero attached hydrogens (tertiary/aromatic N) is 3. The second-order valence-electron chi connectivity index (χ2n) is 8.87. The van der Waals surface area contributed by atoms with Gasteiger partial charge >= 0.3 is 12.1 Å². The average molecular weight is 499 g/mol. The minimum Gasteiger partial charge on any atom is -0.457 e. The second kappa shape index (κ2) is 10.8. The number of carbonyl (C=O) groups is 2. The average Bonchev–Trinajstić information content (AvgIpc) is 2.86. The van der Waals surface area contributed by atoms with E-state index in [1.54, 1.807) is 30.6 Å². The molecule has 36 heavy (non-hydrogen) atoms. The lowest BCUT2D eigenvalue weighted by molar-refractivity contribution is -0.151. The van der Waals surface area contributed by atoms with Crippen molar-refractivity contribution >= 4 is 11.9 Å². The van der Waals surface area contributed by atoms with Crippen molar-refractivity contribution in [1.29, 1.82) is 0 Å². The van der Waals surface area contributed by atoms with Crippen molar-refractivity contribution in [3.8, 4) is 11.3 Å². The Hall–Kier alpha value is -3.82. The van der Waals surface area contributed by atoms with Crippen LogP contribution in [0.5, 0.6) is 0 Å². The monoisotopic (exact) mass is 498 g/mol. The highest BCUT2D eigenvalue weighted by molar-refractivity contribution is 5.81. The van der Waals surface area contributed by atoms with Crippen molar-refractivity contribution in [2.24, 2.45) is 5.92 Å². The van der Waals surface area contributed by atoms with Gasteiger partial charge in [-0.25, -0.2) is 0 Å². The number of rotatable bonds is 7. The molecule has 1 aliphatic carbocycles. The third kappa shape index (κ3) is 6.44. The van der Waals surface area contributed by atoms with Crippen molar-refractivity contribution in [2.75, 3.05) is 0 Å². The highest BCUT2D eigenvalue weighted by Crippen LogP contribution is 2.37. The number of pyridine rings is 1. The van der Waals surface area contributed by atoms with E-state index in [1.807, 2.05) is 6.92 Å². The van der Waals surface area contributed by atoms with Crippen LogP contribution in [0, 0.1) is 5.92 Å². The molecular weight excluding hydrogens is 473 g/mol. The Morgan fingerprint density at radius 3 is 2.61 bits per heavy atom. The van der Waals surface area contributed by atoms with Crippen LogP contribution in [0.4, 0.5) is 13.2 Å². The molecule has 1 aromatic carbocycles. The van der Waals surface area contributed by atoms with Crippen LogP contribution in [0.3, 0.4) is 0 Å². The highest BCUT2D eigenvalue weighted by Gasteiger charge is 2.32. The summed E-state index contributed by atoms with van der Waals surface area (Å²) >= 11 is 0. The van der Waals surface area contributed by atoms with Gasteiger partial charge in [-0.15, -0.1) is 0 Å². The van der Waals surface area contributed by atoms with Crippen molar-refractivity contribution in [3.05, 3.63) is 77.2 Å². The van der Waals surface area contributed by atoms with Gasteiger partial charge in [-0.3, -0.25) is 14.6 Å². The number of amides is 1. The van der Waals surface area contributed by atoms with Gasteiger partial charge in [0.15, 0.2) is 0 Å². The quantitative estimate of drug-likeness (QED) is 0.470. The normalized spacial score (nSPS) is 17.2. The fourth-order valence-electron chi connectivity index (χ4n) is 4.11. The lowest BCUT2D eigenvalue weighted by Crippen LogP contribution is -2.25. The molecule has 0 saturated carbocycles. The summed E-state index contributed by atoms with van der Waals surface area (Å²) in [5.41, 5.74) is 1.94. The molecule has 0 bridgehead atoms. The zero-order valence-electron chi connectivity index (χ0n) is 19.6. The molecule has 2 heterocycles. The van der Waals surface area contributed by atoms with Gasteiger partial charge in [0.05, 0.1) is 23.4 Å². The molecule has 0 radical (unpaired) electrons. The van der Waals surface area contributed by atoms with E-state index in [0.29, 0.717) is 30.6 Å². The van der Waals surface area contributed by atoms with E-state index < -0.39 is 23.8 Å². The zero-order chi connectivity index (χ0) is 25.7. The summed E-state index contributed by atoms with van der Waals surface area (Å²) in [6.07, 6.45) is -0.788. The lowest BCUT2D eigenvalue weighted by atomic mass is 9.85. The van der Waals surface area contributed by atoms with E-state index >= 15 is 0 Å². The van der Waals surface area contributed by atoms with Crippen LogP contribution in [0.25, 0.3) is 11.3 Å². The molecule has 1 aliphatic rings. The molecule has 0 saturated heterocycles. The Kier molecular flexibility index (Phi) is 7.61. The number of hydrogen-bond donors (Lipinski definition) is 1. The van der Waals surface area contributed by atoms with E-state index in [4.69, 9.17) is 4.74 Å². The van der Waals surface area contributed by atoms with E-state index in [-0.39, 0.29) is 35.9 Å². The standard InChI is InChI=1S/C26H25F3N4O3/c1-16-11-22-20(14-21(32-33-22)18-3-2-4-19(13-18)26(27,28)29)23(12-16)36-25(35)6-5-24(34)31-15-17-7-9-30-10-8-17/h2-4,7-10,13-14,16,23H,5-6,11-12,15H2,1H3,(H,31,34). The topological polar surface area (TPSA) is 94.1 Å². The Morgan fingerprint density at radius 1 is 1.08 bits per heavy atom. The first-order valence-electron chi connectivity index (χ1n) is 11.6. The fourth-order valence-corrected chi connectivity index (χ4v) is 4.11. The van der Waals surface area contributed by atoms with Gasteiger partial charge in [0, 0.05) is 36.5 Å². The Morgan fingerprint density at radius 2 is 1.86 bits per heavy atom. The smallest absolute Gasteiger partial charge is 0.416 e. The number of ether oxygens (including phenoxy) is 1. The maximum Gasteiger partial charge on any atom is 0.416 e. The molecule has 2 aromatic heterocycles. The third-order valence-electron chi connectivity index (χ3n) is 5.96. The van der Waals surface area contributed by atoms with Crippen LogP contribution in [-0.2, 0) is 33.5 Å². The first-order chi connectivity index (χ1) is 17.2. The van der Waals surface area contributed by atoms with E-state index in [1.165, 1.54) is 12.1 Å². The Labute approximate surface area is 206 Å². The summed E-state index contributed by atoms with van der Waals surface area (Å²) in [5, 5.41) is 11.1. The lowest BCUT2D eigenvalue weighted by Gasteiger charge is -2.28. The first kappa shape index (κ1) is 25.3. The van der Waals surface area contributed by atoms with Crippen LogP contribution in [0.1, 0.15) is 54.7 Å². The summed E-state index contributed by atoms with van der Waals surface area (Å²) in [6, 6.07) is 10.1. The van der Waals surface area contributed by atoms with E-state index in [2.05, 4.69) is 20.5 Å². The number of nitrogens with one attached hydrogen (secondary N) is 1. The molecule has 1 N–H and O–H groups in total. The molecule has 3 aromatic rings. The Balaban J connectivity index is 1.42. The number of aromatic nitrogens is 3. The number of fused-ring (bicyclic) bond motifs is 1. The molecule has 0 fully saturated rings. The van der Waals surface area contributed by atoms with Gasteiger partial charge in [-0.2, -0.15) is 23.4 Å². The van der Waals surface area contributed by atoms with Crippen LogP contribution in [-0.4, -0.2) is 27.1 Å². The van der Waals surface area contributed by atoms with Crippen molar-refractivity contribution in [3.63, 3.8) is 0 Å². The number of hydrogen-bond acceptors (Lipinski definition) is 6. The summed E-state index contributed by atoms with van der Waals surface area (Å²) in [5.74, 6) is -0.636. The van der Waals surface area contributed by atoms with Crippen molar-refractivity contribution in [1.82, 2.24) is 20.5 Å². The molecule has 4 rings (SSSR count). The summed E-state index contributed by atoms with van der Waals surface area (Å²) in [6.45, 7) is 2.33. The SMILES string of the molecule is CC1Cc2nnc(-c3cccc(C(F)(F)F)c3)cc2C(OC(=O)CCC(=O)NCc2ccncc2)C1. The van der Waals surface area contributed by atoms with Crippen LogP contribution < -0.4 is 5.32 Å². The minimum absolute atomic E-state index is 0.0247. The van der Waals surface area contributed by atoms with Crippen LogP contribution in [0.2, 0.25) is 0 Å². The molecular formula is C26H25F3N4O3. The number of alkyl halides is 3. The summed E-state index contributed by atoms with van der Waals surface area (Å²) in [7, 11) is 0. The second-order valence-corrected chi connectivity index (χ2v) is 8.87. The fraction of sp³-hybridized carbons (Fsp3) is 0.346. The largest absolute Gasteiger partial charge is 0.457 e. The molecule has 7 nitrogen and oxygen atoms in total. The minimum atomic E-state index is -4.48. The number of carbonyl (C=O) groups excluding carboxylic acids is 2. The van der Waals surface area contributed by atoms with Gasteiger partial charge in [0.2, 0.25) is 5.91 Å². The molecule has 1 amide bonds. The van der Waals surface area contributed by atoms with Crippen molar-refractivity contribution in [2.45, 2.75) is 51.4 Å². The van der Waals surface area contributed by atoms with Gasteiger partial charge in [0.1, 0.15) is 6.10 Å². The van der Waals surface area contributed by atoms with E-state index in [0.717, 1.165) is 17.7 Å². The molecule has 0 spiro atoms. The third-order valence-corrected chi connectivity index (χ3v) is 5.96. The summed E-state index contributed by atoms with van der Waals surface area (Å²) < 4.78 is 45.1. The maximum atomic E-state index is 13.1. The van der Waals surface area contributed by atoms with Crippen LogP contribution in [0.15, 0.2) is 54.9 Å². The molecule has 188 valence electrons.